The van der Waals surface area contributed by atoms with Gasteiger partial charge in [0.05, 0.1) is 11.0 Å². The van der Waals surface area contributed by atoms with E-state index in [0.717, 1.165) is 6.07 Å². The van der Waals surface area contributed by atoms with Crippen LogP contribution in [0.2, 0.25) is 0 Å². The van der Waals surface area contributed by atoms with E-state index in [2.05, 4.69) is 0 Å². The van der Waals surface area contributed by atoms with Gasteiger partial charge in [-0.05, 0) is 19.0 Å². The van der Waals surface area contributed by atoms with Gasteiger partial charge in [0.15, 0.2) is 0 Å². The molecule has 0 spiro atoms. The number of hydrogen-bond donors (Lipinski definition) is 2. The molecule has 0 aliphatic heterocycles. The van der Waals surface area contributed by atoms with E-state index in [1.807, 2.05) is 0 Å². The fourth-order valence-corrected chi connectivity index (χ4v) is 1.18. The van der Waals surface area contributed by atoms with E-state index in [0.29, 0.717) is 19.0 Å². The molecule has 0 amide bonds. The minimum absolute atomic E-state index is 0.0696. The van der Waals surface area contributed by atoms with Crippen LogP contribution in [0.3, 0.4) is 0 Å². The molecule has 0 bridgehead atoms. The Bertz CT molecular complexity index is 432. The Morgan fingerprint density at radius 2 is 2.25 bits per heavy atom. The smallest absolute Gasteiger partial charge is 0.314 e. The number of phenols is 1. The molecule has 0 aliphatic carbocycles. The zero-order chi connectivity index (χ0) is 12.1. The number of phenolic OH excluding ortho intramolecular Hbond substituents is 1. The summed E-state index contributed by atoms with van der Waals surface area (Å²) in [5.74, 6) is -1.31. The highest BCUT2D eigenvalue weighted by Crippen LogP contribution is 2.31. The van der Waals surface area contributed by atoms with Gasteiger partial charge in [-0.25, -0.2) is 4.39 Å². The van der Waals surface area contributed by atoms with E-state index < -0.39 is 22.2 Å². The van der Waals surface area contributed by atoms with Gasteiger partial charge in [0.2, 0.25) is 5.75 Å². The fourth-order valence-electron chi connectivity index (χ4n) is 1.18. The molecule has 0 saturated carbocycles. The normalized spacial score (nSPS) is 10.9. The highest BCUT2D eigenvalue weighted by Gasteiger charge is 2.17. The Balaban J connectivity index is 3.14. The number of benzene rings is 1. The molecular formula is C10H11FN2O3. The number of nitro groups is 1. The average molecular weight is 226 g/mol. The van der Waals surface area contributed by atoms with Crippen LogP contribution in [0.25, 0.3) is 6.08 Å². The summed E-state index contributed by atoms with van der Waals surface area (Å²) in [7, 11) is 0. The van der Waals surface area contributed by atoms with Crippen molar-refractivity contribution in [1.29, 1.82) is 0 Å². The van der Waals surface area contributed by atoms with E-state index in [1.165, 1.54) is 6.08 Å². The number of aromatic hydroxyl groups is 1. The van der Waals surface area contributed by atoms with Crippen LogP contribution in [0.5, 0.6) is 5.75 Å². The molecule has 86 valence electrons. The number of nitrogens with two attached hydrogens (primary N) is 1. The van der Waals surface area contributed by atoms with Gasteiger partial charge in [-0.2, -0.15) is 0 Å². The van der Waals surface area contributed by atoms with Crippen LogP contribution < -0.4 is 5.73 Å². The summed E-state index contributed by atoms with van der Waals surface area (Å²) < 4.78 is 13.0. The van der Waals surface area contributed by atoms with Crippen molar-refractivity contribution >= 4 is 11.8 Å². The van der Waals surface area contributed by atoms with Gasteiger partial charge in [-0.1, -0.05) is 12.2 Å². The number of nitrogens with zero attached hydrogens (tertiary/aromatic N) is 1. The van der Waals surface area contributed by atoms with Crippen LogP contribution >= 0.6 is 0 Å². The zero-order valence-electron chi connectivity index (χ0n) is 8.39. The summed E-state index contributed by atoms with van der Waals surface area (Å²) in [6.07, 6.45) is 3.56. The lowest BCUT2D eigenvalue weighted by Gasteiger charge is -2.00. The molecule has 0 heterocycles. The molecule has 16 heavy (non-hydrogen) atoms. The SMILES string of the molecule is NCCC=Cc1cc(F)cc([N+](=O)[O-])c1O. The van der Waals surface area contributed by atoms with E-state index >= 15 is 0 Å². The number of halogens is 1. The molecule has 6 heteroatoms. The standard InChI is InChI=1S/C10H11FN2O3/c11-8-5-7(3-1-2-4-12)10(14)9(6-8)13(15)16/h1,3,5-6,14H,2,4,12H2. The van der Waals surface area contributed by atoms with Crippen LogP contribution in [-0.4, -0.2) is 16.6 Å². The van der Waals surface area contributed by atoms with Crippen LogP contribution in [0.15, 0.2) is 18.2 Å². The molecule has 1 aromatic rings. The second-order valence-electron chi connectivity index (χ2n) is 3.10. The second kappa shape index (κ2) is 5.22. The maximum atomic E-state index is 13.0. The van der Waals surface area contributed by atoms with Gasteiger partial charge in [0.1, 0.15) is 5.82 Å². The van der Waals surface area contributed by atoms with Crippen molar-refractivity contribution in [3.05, 3.63) is 39.7 Å². The molecule has 0 saturated heterocycles. The van der Waals surface area contributed by atoms with Crippen LogP contribution in [0.1, 0.15) is 12.0 Å². The quantitative estimate of drug-likeness (QED) is 0.605. The molecule has 0 aromatic heterocycles. The van der Waals surface area contributed by atoms with E-state index in [4.69, 9.17) is 5.73 Å². The largest absolute Gasteiger partial charge is 0.502 e. The van der Waals surface area contributed by atoms with Crippen molar-refractivity contribution in [3.8, 4) is 5.75 Å². The molecule has 0 aliphatic rings. The molecule has 0 unspecified atom stereocenters. The molecule has 0 radical (unpaired) electrons. The van der Waals surface area contributed by atoms with Gasteiger partial charge in [0.25, 0.3) is 0 Å². The van der Waals surface area contributed by atoms with Crippen LogP contribution in [-0.2, 0) is 0 Å². The Morgan fingerprint density at radius 3 is 2.81 bits per heavy atom. The Labute approximate surface area is 91.2 Å². The first-order chi connectivity index (χ1) is 7.56. The lowest BCUT2D eigenvalue weighted by molar-refractivity contribution is -0.386. The molecular weight excluding hydrogens is 215 g/mol. The third kappa shape index (κ3) is 2.77. The summed E-state index contributed by atoms with van der Waals surface area (Å²) in [6, 6.07) is 1.70. The van der Waals surface area contributed by atoms with Gasteiger partial charge in [0, 0.05) is 5.56 Å². The summed E-state index contributed by atoms with van der Waals surface area (Å²) in [6.45, 7) is 0.411. The van der Waals surface area contributed by atoms with Crippen molar-refractivity contribution in [2.45, 2.75) is 6.42 Å². The van der Waals surface area contributed by atoms with Crippen molar-refractivity contribution in [3.63, 3.8) is 0 Å². The molecule has 1 aromatic carbocycles. The molecule has 3 N–H and O–H groups in total. The van der Waals surface area contributed by atoms with E-state index in [-0.39, 0.29) is 5.56 Å². The first-order valence-corrected chi connectivity index (χ1v) is 4.59. The third-order valence-corrected chi connectivity index (χ3v) is 1.91. The van der Waals surface area contributed by atoms with Gasteiger partial charge < -0.3 is 10.8 Å². The van der Waals surface area contributed by atoms with Crippen molar-refractivity contribution < 1.29 is 14.4 Å². The fraction of sp³-hybridized carbons (Fsp3) is 0.200. The number of hydrogen-bond acceptors (Lipinski definition) is 4. The lowest BCUT2D eigenvalue weighted by Crippen LogP contribution is -1.95. The summed E-state index contributed by atoms with van der Waals surface area (Å²) in [5.41, 5.74) is 4.67. The monoisotopic (exact) mass is 226 g/mol. The molecule has 1 rings (SSSR count). The first kappa shape index (κ1) is 12.1. The topological polar surface area (TPSA) is 89.4 Å². The van der Waals surface area contributed by atoms with Gasteiger partial charge >= 0.3 is 5.69 Å². The highest BCUT2D eigenvalue weighted by atomic mass is 19.1. The first-order valence-electron chi connectivity index (χ1n) is 4.59. The Kier molecular flexibility index (Phi) is 3.96. The van der Waals surface area contributed by atoms with Crippen molar-refractivity contribution in [1.82, 2.24) is 0 Å². The maximum absolute atomic E-state index is 13.0. The van der Waals surface area contributed by atoms with E-state index in [1.54, 1.807) is 6.08 Å². The lowest BCUT2D eigenvalue weighted by atomic mass is 10.1. The summed E-state index contributed by atoms with van der Waals surface area (Å²) in [5, 5.41) is 20.0. The van der Waals surface area contributed by atoms with Crippen molar-refractivity contribution in [2.24, 2.45) is 5.73 Å². The average Bonchev–Trinajstić information content (AvgIpc) is 2.22. The predicted octanol–water partition coefficient (Wildman–Crippen LogP) is 1.80. The number of nitro benzene ring substituents is 1. The predicted molar refractivity (Wildman–Crippen MR) is 57.4 cm³/mol. The Hall–Kier alpha value is -1.95. The minimum atomic E-state index is -0.835. The summed E-state index contributed by atoms with van der Waals surface area (Å²) in [4.78, 5) is 9.66. The van der Waals surface area contributed by atoms with E-state index in [9.17, 15) is 19.6 Å². The molecule has 5 nitrogen and oxygen atoms in total. The Morgan fingerprint density at radius 1 is 1.56 bits per heavy atom. The second-order valence-corrected chi connectivity index (χ2v) is 3.10. The highest BCUT2D eigenvalue weighted by molar-refractivity contribution is 5.64. The molecule has 0 fully saturated rings. The van der Waals surface area contributed by atoms with Gasteiger partial charge in [-0.15, -0.1) is 0 Å². The third-order valence-electron chi connectivity index (χ3n) is 1.91. The maximum Gasteiger partial charge on any atom is 0.314 e. The van der Waals surface area contributed by atoms with Gasteiger partial charge in [-0.3, -0.25) is 10.1 Å². The summed E-state index contributed by atoms with van der Waals surface area (Å²) >= 11 is 0. The minimum Gasteiger partial charge on any atom is -0.502 e. The van der Waals surface area contributed by atoms with Crippen LogP contribution in [0, 0.1) is 15.9 Å². The number of rotatable bonds is 4. The molecule has 0 atom stereocenters. The zero-order valence-corrected chi connectivity index (χ0v) is 8.39. The van der Waals surface area contributed by atoms with Crippen molar-refractivity contribution in [2.75, 3.05) is 6.54 Å². The van der Waals surface area contributed by atoms with Crippen LogP contribution in [0.4, 0.5) is 10.1 Å².